The Balaban J connectivity index is 2.33. The first-order valence-corrected chi connectivity index (χ1v) is 4.09. The molecule has 0 spiro atoms. The van der Waals surface area contributed by atoms with Gasteiger partial charge in [-0.25, -0.2) is 4.79 Å². The van der Waals surface area contributed by atoms with E-state index in [1.807, 2.05) is 0 Å². The Morgan fingerprint density at radius 2 is 2.36 bits per heavy atom. The highest BCUT2D eigenvalue weighted by Crippen LogP contribution is 2.26. The van der Waals surface area contributed by atoms with Crippen molar-refractivity contribution in [3.8, 4) is 0 Å². The minimum absolute atomic E-state index is 0.430. The number of rotatable bonds is 2. The second-order valence-corrected chi connectivity index (χ2v) is 2.94. The van der Waals surface area contributed by atoms with Gasteiger partial charge in [-0.2, -0.15) is 0 Å². The quantitative estimate of drug-likeness (QED) is 0.656. The number of nitrogens with zero attached hydrogens (tertiary/aromatic N) is 1. The first-order valence-electron chi connectivity index (χ1n) is 4.09. The maximum Gasteiger partial charge on any atom is 0.333 e. The lowest BCUT2D eigenvalue weighted by molar-refractivity contribution is -0.153. The molecule has 0 N–H and O–H groups in total. The molecular weight excluding hydrogens is 186 g/mol. The first kappa shape index (κ1) is 8.96. The van der Waals surface area contributed by atoms with Crippen molar-refractivity contribution in [2.45, 2.75) is 13.2 Å². The summed E-state index contributed by atoms with van der Waals surface area (Å²) in [6.45, 7) is 1.80. The van der Waals surface area contributed by atoms with Gasteiger partial charge < -0.3 is 14.0 Å². The van der Waals surface area contributed by atoms with Crippen molar-refractivity contribution in [1.82, 2.24) is 5.16 Å². The van der Waals surface area contributed by atoms with Crippen LogP contribution in [0, 0.1) is 6.92 Å². The summed E-state index contributed by atoms with van der Waals surface area (Å²) in [5.74, 6) is 0.0705. The predicted molar refractivity (Wildman–Crippen MR) is 46.1 cm³/mol. The molecule has 2 heterocycles. The van der Waals surface area contributed by atoms with E-state index in [0.29, 0.717) is 11.3 Å². The maximum absolute atomic E-state index is 11.0. The number of carbonyl (C=O) groups excluding carboxylic acids is 1. The Kier molecular flexibility index (Phi) is 2.09. The fourth-order valence-corrected chi connectivity index (χ4v) is 1.26. The van der Waals surface area contributed by atoms with Crippen LogP contribution in [0.3, 0.4) is 0 Å². The van der Waals surface area contributed by atoms with Gasteiger partial charge in [0.15, 0.2) is 5.76 Å². The van der Waals surface area contributed by atoms with Crippen LogP contribution >= 0.6 is 0 Å². The lowest BCUT2D eigenvalue weighted by Crippen LogP contribution is -2.12. The zero-order valence-electron chi connectivity index (χ0n) is 7.81. The van der Waals surface area contributed by atoms with E-state index in [-0.39, 0.29) is 0 Å². The summed E-state index contributed by atoms with van der Waals surface area (Å²) in [6, 6.07) is 1.72. The molecule has 1 atom stereocenters. The smallest absolute Gasteiger partial charge is 0.333 e. The number of methoxy groups -OCH3 is 1. The molecule has 5 heteroatoms. The third-order valence-corrected chi connectivity index (χ3v) is 1.88. The highest BCUT2D eigenvalue weighted by molar-refractivity contribution is 5.95. The molecule has 0 fully saturated rings. The number of aryl methyl sites for hydroxylation is 1. The third kappa shape index (κ3) is 1.42. The summed E-state index contributed by atoms with van der Waals surface area (Å²) >= 11 is 0. The van der Waals surface area contributed by atoms with Crippen LogP contribution in [0.2, 0.25) is 0 Å². The molecule has 74 valence electrons. The minimum Gasteiger partial charge on any atom is -0.428 e. The van der Waals surface area contributed by atoms with Crippen LogP contribution in [0.5, 0.6) is 0 Å². The number of ether oxygens (including phenoxy) is 2. The van der Waals surface area contributed by atoms with Gasteiger partial charge in [-0.15, -0.1) is 0 Å². The molecule has 0 aromatic carbocycles. The number of esters is 1. The highest BCUT2D eigenvalue weighted by atomic mass is 16.7. The molecule has 2 rings (SSSR count). The monoisotopic (exact) mass is 195 g/mol. The molecule has 1 aromatic heterocycles. The number of carbonyl (C=O) groups is 1. The average Bonchev–Trinajstić information content (AvgIpc) is 2.71. The van der Waals surface area contributed by atoms with Crippen molar-refractivity contribution in [2.24, 2.45) is 0 Å². The summed E-state index contributed by atoms with van der Waals surface area (Å²) < 4.78 is 14.8. The molecule has 1 aliphatic heterocycles. The summed E-state index contributed by atoms with van der Waals surface area (Å²) in [4.78, 5) is 11.0. The van der Waals surface area contributed by atoms with Crippen molar-refractivity contribution in [2.75, 3.05) is 7.11 Å². The maximum atomic E-state index is 11.0. The summed E-state index contributed by atoms with van der Waals surface area (Å²) in [5.41, 5.74) is 1.31. The van der Waals surface area contributed by atoms with E-state index in [1.165, 1.54) is 13.2 Å². The van der Waals surface area contributed by atoms with Crippen LogP contribution in [0.4, 0.5) is 0 Å². The Morgan fingerprint density at radius 1 is 1.57 bits per heavy atom. The van der Waals surface area contributed by atoms with E-state index in [2.05, 4.69) is 5.16 Å². The lowest BCUT2D eigenvalue weighted by atomic mass is 10.2. The van der Waals surface area contributed by atoms with E-state index in [0.717, 1.165) is 5.69 Å². The molecule has 5 nitrogen and oxygen atoms in total. The van der Waals surface area contributed by atoms with E-state index in [1.54, 1.807) is 13.0 Å². The van der Waals surface area contributed by atoms with Gasteiger partial charge in [-0.3, -0.25) is 0 Å². The SMILES string of the molecule is COC1OC(=O)C=C1c1cc(C)no1. The summed E-state index contributed by atoms with van der Waals surface area (Å²) in [6.07, 6.45) is 0.656. The van der Waals surface area contributed by atoms with Gasteiger partial charge in [0.1, 0.15) is 0 Å². The van der Waals surface area contributed by atoms with Crippen LogP contribution in [-0.2, 0) is 14.3 Å². The molecule has 14 heavy (non-hydrogen) atoms. The van der Waals surface area contributed by atoms with Crippen molar-refractivity contribution < 1.29 is 18.8 Å². The molecule has 0 saturated carbocycles. The van der Waals surface area contributed by atoms with Gasteiger partial charge in [0.2, 0.25) is 6.29 Å². The molecule has 0 aliphatic carbocycles. The number of cyclic esters (lactones) is 1. The van der Waals surface area contributed by atoms with Crippen LogP contribution in [0.1, 0.15) is 11.5 Å². The normalized spacial score (nSPS) is 20.9. The number of aromatic nitrogens is 1. The minimum atomic E-state index is -0.685. The molecule has 1 unspecified atom stereocenters. The standard InChI is InChI=1S/C9H9NO4/c1-5-3-7(14-10-5)6-4-8(11)13-9(6)12-2/h3-4,9H,1-2H3. The molecule has 0 amide bonds. The van der Waals surface area contributed by atoms with E-state index in [4.69, 9.17) is 14.0 Å². The second kappa shape index (κ2) is 3.26. The van der Waals surface area contributed by atoms with E-state index in [9.17, 15) is 4.79 Å². The topological polar surface area (TPSA) is 61.6 Å². The first-order chi connectivity index (χ1) is 6.70. The lowest BCUT2D eigenvalue weighted by Gasteiger charge is -2.08. The Hall–Kier alpha value is -1.62. The second-order valence-electron chi connectivity index (χ2n) is 2.94. The molecule has 1 aromatic rings. The van der Waals surface area contributed by atoms with Crippen LogP contribution < -0.4 is 0 Å². The van der Waals surface area contributed by atoms with E-state index < -0.39 is 12.3 Å². The average molecular weight is 195 g/mol. The van der Waals surface area contributed by atoms with Crippen molar-refractivity contribution in [3.05, 3.63) is 23.6 Å². The molecule has 0 saturated heterocycles. The Morgan fingerprint density at radius 3 is 2.93 bits per heavy atom. The summed E-state index contributed by atoms with van der Waals surface area (Å²) in [7, 11) is 1.46. The fraction of sp³-hybridized carbons (Fsp3) is 0.333. The zero-order valence-corrected chi connectivity index (χ0v) is 7.81. The third-order valence-electron chi connectivity index (χ3n) is 1.88. The van der Waals surface area contributed by atoms with Crippen LogP contribution in [-0.4, -0.2) is 24.5 Å². The molecule has 0 bridgehead atoms. The van der Waals surface area contributed by atoms with Gasteiger partial charge in [0.05, 0.1) is 11.3 Å². The summed E-state index contributed by atoms with van der Waals surface area (Å²) in [5, 5.41) is 3.72. The molecular formula is C9H9NO4. The number of hydrogen-bond donors (Lipinski definition) is 0. The molecule has 0 radical (unpaired) electrons. The van der Waals surface area contributed by atoms with Crippen molar-refractivity contribution in [3.63, 3.8) is 0 Å². The van der Waals surface area contributed by atoms with Crippen LogP contribution in [0.15, 0.2) is 16.7 Å². The Bertz CT molecular complexity index is 393. The highest BCUT2D eigenvalue weighted by Gasteiger charge is 2.29. The van der Waals surface area contributed by atoms with Gasteiger partial charge in [-0.05, 0) is 6.92 Å². The number of hydrogen-bond acceptors (Lipinski definition) is 5. The Labute approximate surface area is 80.3 Å². The van der Waals surface area contributed by atoms with Crippen LogP contribution in [0.25, 0.3) is 5.57 Å². The van der Waals surface area contributed by atoms with Gasteiger partial charge in [-0.1, -0.05) is 5.16 Å². The largest absolute Gasteiger partial charge is 0.428 e. The molecule has 1 aliphatic rings. The van der Waals surface area contributed by atoms with Gasteiger partial charge >= 0.3 is 5.97 Å². The zero-order chi connectivity index (χ0) is 10.1. The van der Waals surface area contributed by atoms with Gasteiger partial charge in [0, 0.05) is 19.3 Å². The van der Waals surface area contributed by atoms with Crippen molar-refractivity contribution in [1.29, 1.82) is 0 Å². The van der Waals surface area contributed by atoms with E-state index >= 15 is 0 Å². The predicted octanol–water partition coefficient (Wildman–Crippen LogP) is 0.896. The van der Waals surface area contributed by atoms with Crippen molar-refractivity contribution >= 4 is 11.5 Å². The fourth-order valence-electron chi connectivity index (χ4n) is 1.26. The van der Waals surface area contributed by atoms with Gasteiger partial charge in [0.25, 0.3) is 0 Å².